The van der Waals surface area contributed by atoms with Gasteiger partial charge in [-0.25, -0.2) is 10.2 Å². The number of carbonyl (C=O) groups is 4. The molecule has 4 fully saturated rings. The highest BCUT2D eigenvalue weighted by Gasteiger charge is 2.43. The number of morpholine rings is 1. The van der Waals surface area contributed by atoms with Crippen LogP contribution in [0.4, 0.5) is 18.0 Å². The molecule has 5 aliphatic rings. The van der Waals surface area contributed by atoms with Crippen molar-refractivity contribution in [3.05, 3.63) is 53.3 Å². The number of nitrogens with zero attached hydrogens (tertiary/aromatic N) is 6. The summed E-state index contributed by atoms with van der Waals surface area (Å²) in [5.74, 6) is -1.81. The van der Waals surface area contributed by atoms with Crippen LogP contribution in [0.3, 0.4) is 0 Å². The molecule has 1 unspecified atom stereocenters. The Labute approximate surface area is 396 Å². The highest BCUT2D eigenvalue weighted by atomic mass is 19.4. The van der Waals surface area contributed by atoms with Gasteiger partial charge in [-0.1, -0.05) is 33.8 Å². The number of alkyl halides is 3. The molecule has 5 aliphatic heterocycles. The summed E-state index contributed by atoms with van der Waals surface area (Å²) in [6.45, 7) is 11.8. The first-order valence-corrected chi connectivity index (χ1v) is 24.2. The van der Waals surface area contributed by atoms with E-state index in [1.54, 1.807) is 36.3 Å². The molecule has 3 N–H and O–H groups in total. The molecule has 0 aliphatic carbocycles. The fourth-order valence-electron chi connectivity index (χ4n) is 11.0. The quantitative estimate of drug-likeness (QED) is 0.261. The van der Waals surface area contributed by atoms with Crippen molar-refractivity contribution in [2.24, 2.45) is 11.3 Å². The van der Waals surface area contributed by atoms with Gasteiger partial charge in [0.2, 0.25) is 5.91 Å². The van der Waals surface area contributed by atoms with Gasteiger partial charge in [0, 0.05) is 75.0 Å². The SMILES string of the molecule is CO[C@@H](C)c1ncccc1-c1c2c3cc(ccc3n1CC(F)(F)F)[C@@H]1CCCN(C1)C[C@H](NC(=O)[C@H](C(C)C)N(C)C(=O)N1C[C@@H]3OCCN[C@@H]3C1)C(=O)N1CCC[C@H](N1)C(=O)OCC(C)(C)C2. The Balaban J connectivity index is 1.16. The fraction of sp³-hybridized carbons (Fsp3) is 0.653. The third-order valence-corrected chi connectivity index (χ3v) is 14.4. The molecule has 0 spiro atoms. The smallest absolute Gasteiger partial charge is 0.406 e. The van der Waals surface area contributed by atoms with Gasteiger partial charge in [0.05, 0.1) is 49.4 Å². The number of aromatic nitrogens is 2. The summed E-state index contributed by atoms with van der Waals surface area (Å²) >= 11 is 0. The van der Waals surface area contributed by atoms with E-state index in [0.717, 1.165) is 18.4 Å². The molecular weight excluding hydrogens is 884 g/mol. The summed E-state index contributed by atoms with van der Waals surface area (Å²) in [6.07, 6.45) is -0.882. The molecule has 8 atom stereocenters. The number of methoxy groups -OCH3 is 1. The van der Waals surface area contributed by atoms with Crippen LogP contribution in [-0.2, 0) is 41.6 Å². The van der Waals surface area contributed by atoms with Crippen molar-refractivity contribution in [1.82, 2.24) is 45.3 Å². The minimum Gasteiger partial charge on any atom is -0.464 e. The van der Waals surface area contributed by atoms with Gasteiger partial charge in [-0.15, -0.1) is 0 Å². The van der Waals surface area contributed by atoms with Gasteiger partial charge in [-0.2, -0.15) is 13.2 Å². The second kappa shape index (κ2) is 20.3. The maximum absolute atomic E-state index is 14.7. The molecule has 1 aromatic carbocycles. The summed E-state index contributed by atoms with van der Waals surface area (Å²) in [5.41, 5.74) is 5.81. The normalized spacial score (nSPS) is 26.8. The fourth-order valence-corrected chi connectivity index (χ4v) is 11.0. The lowest BCUT2D eigenvalue weighted by Gasteiger charge is -2.39. The van der Waals surface area contributed by atoms with Crippen molar-refractivity contribution >= 4 is 34.7 Å². The van der Waals surface area contributed by atoms with Gasteiger partial charge in [-0.05, 0) is 92.8 Å². The lowest BCUT2D eigenvalue weighted by molar-refractivity contribution is -0.155. The number of hydrogen-bond donors (Lipinski definition) is 3. The average molecular weight is 952 g/mol. The van der Waals surface area contributed by atoms with E-state index in [1.165, 1.54) is 21.6 Å². The van der Waals surface area contributed by atoms with Crippen LogP contribution in [0.25, 0.3) is 22.2 Å². The van der Waals surface area contributed by atoms with E-state index in [2.05, 4.69) is 25.9 Å². The number of urea groups is 1. The van der Waals surface area contributed by atoms with Crippen LogP contribution in [0.15, 0.2) is 36.5 Å². The van der Waals surface area contributed by atoms with Crippen LogP contribution in [0.5, 0.6) is 0 Å². The number of carbonyl (C=O) groups excluding carboxylic acids is 4. The first-order chi connectivity index (χ1) is 32.3. The molecule has 372 valence electrons. The lowest BCUT2D eigenvalue weighted by atomic mass is 9.83. The maximum atomic E-state index is 14.7. The average Bonchev–Trinajstić information content (AvgIpc) is 3.87. The molecule has 16 nitrogen and oxygen atoms in total. The van der Waals surface area contributed by atoms with Crippen LogP contribution < -0.4 is 16.1 Å². The molecule has 4 amide bonds. The highest BCUT2D eigenvalue weighted by molar-refractivity contribution is 5.94. The van der Waals surface area contributed by atoms with Crippen LogP contribution in [-0.4, -0.2) is 163 Å². The predicted molar refractivity (Wildman–Crippen MR) is 248 cm³/mol. The van der Waals surface area contributed by atoms with Gasteiger partial charge >= 0.3 is 18.2 Å². The van der Waals surface area contributed by atoms with Crippen LogP contribution >= 0.6 is 0 Å². The number of likely N-dealkylation sites (tertiary alicyclic amines) is 1. The van der Waals surface area contributed by atoms with Crippen LogP contribution in [0.1, 0.15) is 89.1 Å². The molecule has 2 aromatic heterocycles. The van der Waals surface area contributed by atoms with Gasteiger partial charge in [0.15, 0.2) is 0 Å². The number of cyclic esters (lactones) is 1. The monoisotopic (exact) mass is 952 g/mol. The molecule has 3 aromatic rings. The first kappa shape index (κ1) is 49.6. The number of fused-ring (bicyclic) bond motifs is 7. The summed E-state index contributed by atoms with van der Waals surface area (Å²) in [5, 5.41) is 8.56. The number of esters is 1. The van der Waals surface area contributed by atoms with E-state index in [0.29, 0.717) is 92.1 Å². The standard InChI is InChI=1S/C49H68F3N9O7/c1-29(2)42(57(6)47(65)59-25-37-40(26-59)67-20-17-53-37)44(62)55-38-24-58-18-9-11-32(23-58)31-14-15-39-34(21-31)35(22-48(4,5)28-68-46(64)36-13-10-19-61(56-36)45(38)63)43(60(39)27-49(50,51)52)33-12-8-16-54-41(33)30(3)66-7/h8,12,14-16,21,29-30,32,36-38,40,42,53,56H,9-11,13,17-20,22-28H2,1-7H3,(H,55,62)/t30-,32+,36-,37+,38-,40-,42-/m0/s1. The molecule has 4 saturated heterocycles. The molecule has 0 radical (unpaired) electrons. The Kier molecular flexibility index (Phi) is 14.8. The lowest BCUT2D eigenvalue weighted by Crippen LogP contribution is -2.64. The van der Waals surface area contributed by atoms with Crippen molar-refractivity contribution in [2.75, 3.05) is 73.2 Å². The summed E-state index contributed by atoms with van der Waals surface area (Å²) in [4.78, 5) is 67.2. The number of piperidine rings is 1. The zero-order chi connectivity index (χ0) is 48.7. The third kappa shape index (κ3) is 10.7. The molecule has 19 heteroatoms. The van der Waals surface area contributed by atoms with E-state index in [1.807, 2.05) is 46.8 Å². The van der Waals surface area contributed by atoms with E-state index in [-0.39, 0.29) is 49.6 Å². The largest absolute Gasteiger partial charge is 0.464 e. The number of rotatable bonds is 8. The van der Waals surface area contributed by atoms with Crippen molar-refractivity contribution in [1.29, 1.82) is 0 Å². The number of pyridine rings is 1. The van der Waals surface area contributed by atoms with Crippen LogP contribution in [0, 0.1) is 11.3 Å². The number of amides is 4. The molecule has 68 heavy (non-hydrogen) atoms. The third-order valence-electron chi connectivity index (χ3n) is 14.4. The van der Waals surface area contributed by atoms with Crippen molar-refractivity contribution in [2.45, 2.75) is 122 Å². The molecule has 6 bridgehead atoms. The van der Waals surface area contributed by atoms with E-state index in [4.69, 9.17) is 14.2 Å². The van der Waals surface area contributed by atoms with Gasteiger partial charge in [-0.3, -0.25) is 24.4 Å². The number of hydrazine groups is 1. The molecule has 0 saturated carbocycles. The highest BCUT2D eigenvalue weighted by Crippen LogP contribution is 2.43. The van der Waals surface area contributed by atoms with E-state index in [9.17, 15) is 32.3 Å². The Morgan fingerprint density at radius 1 is 1.06 bits per heavy atom. The number of nitrogens with one attached hydrogen (secondary N) is 3. The second-order valence-corrected chi connectivity index (χ2v) is 20.5. The Morgan fingerprint density at radius 2 is 1.84 bits per heavy atom. The van der Waals surface area contributed by atoms with E-state index >= 15 is 0 Å². The van der Waals surface area contributed by atoms with Crippen molar-refractivity contribution < 1.29 is 46.6 Å². The zero-order valence-corrected chi connectivity index (χ0v) is 40.4. The maximum Gasteiger partial charge on any atom is 0.406 e. The second-order valence-electron chi connectivity index (χ2n) is 20.5. The number of hydrogen-bond acceptors (Lipinski definition) is 11. The van der Waals surface area contributed by atoms with Crippen molar-refractivity contribution in [3.8, 4) is 11.3 Å². The number of ether oxygens (including phenoxy) is 3. The predicted octanol–water partition coefficient (Wildman–Crippen LogP) is 5.01. The van der Waals surface area contributed by atoms with E-state index < -0.39 is 60.1 Å². The minimum atomic E-state index is -4.56. The number of benzene rings is 1. The molecule has 8 rings (SSSR count). The Morgan fingerprint density at radius 3 is 2.57 bits per heavy atom. The zero-order valence-electron chi connectivity index (χ0n) is 40.4. The molecule has 7 heterocycles. The molecular formula is C49H68F3N9O7. The first-order valence-electron chi connectivity index (χ1n) is 24.2. The minimum absolute atomic E-state index is 0.0113. The Bertz CT molecular complexity index is 2330. The van der Waals surface area contributed by atoms with Gasteiger partial charge in [0.25, 0.3) is 5.91 Å². The summed E-state index contributed by atoms with van der Waals surface area (Å²) < 4.78 is 63.1. The van der Waals surface area contributed by atoms with Crippen molar-refractivity contribution in [3.63, 3.8) is 0 Å². The number of likely N-dealkylation sites (N-methyl/N-ethyl adjacent to an activating group) is 1. The number of halogens is 3. The van der Waals surface area contributed by atoms with Gasteiger partial charge < -0.3 is 44.1 Å². The van der Waals surface area contributed by atoms with Crippen LogP contribution in [0.2, 0.25) is 0 Å². The topological polar surface area (TPSA) is 163 Å². The van der Waals surface area contributed by atoms with Gasteiger partial charge in [0.1, 0.15) is 24.7 Å². The summed E-state index contributed by atoms with van der Waals surface area (Å²) in [7, 11) is 3.15. The Hall–Kier alpha value is -4.82. The summed E-state index contributed by atoms with van der Waals surface area (Å²) in [6, 6.07) is 6.07.